The predicted octanol–water partition coefficient (Wildman–Crippen LogP) is 2.92. The zero-order valence-electron chi connectivity index (χ0n) is 15.0. The van der Waals surface area contributed by atoms with Gasteiger partial charge in [-0.2, -0.15) is 8.78 Å². The fraction of sp³-hybridized carbons (Fsp3) is 0.421. The SMILES string of the molecule is C=C(/C=C\N(N)C(F)F)C(=O)N1CCC(C(N)Cc2cccc(Cl)c2)CC1. The van der Waals surface area contributed by atoms with Gasteiger partial charge in [-0.15, -0.1) is 0 Å². The number of nitrogens with two attached hydrogens (primary N) is 2. The summed E-state index contributed by atoms with van der Waals surface area (Å²) < 4.78 is 24.7. The Morgan fingerprint density at radius 2 is 2.07 bits per heavy atom. The molecule has 1 aromatic carbocycles. The van der Waals surface area contributed by atoms with Crippen molar-refractivity contribution in [2.45, 2.75) is 31.9 Å². The first-order valence-corrected chi connectivity index (χ1v) is 9.13. The number of hydrazine groups is 1. The predicted molar refractivity (Wildman–Crippen MR) is 103 cm³/mol. The van der Waals surface area contributed by atoms with Gasteiger partial charge >= 0.3 is 6.55 Å². The van der Waals surface area contributed by atoms with Gasteiger partial charge in [-0.05, 0) is 49.0 Å². The smallest absolute Gasteiger partial charge is 0.327 e. The lowest BCUT2D eigenvalue weighted by molar-refractivity contribution is -0.128. The molecule has 0 aliphatic carbocycles. The van der Waals surface area contributed by atoms with Gasteiger partial charge in [0.25, 0.3) is 5.91 Å². The molecule has 1 heterocycles. The lowest BCUT2D eigenvalue weighted by atomic mass is 9.86. The van der Waals surface area contributed by atoms with Crippen LogP contribution in [0.4, 0.5) is 8.78 Å². The number of amides is 1. The van der Waals surface area contributed by atoms with Crippen LogP contribution in [-0.2, 0) is 11.2 Å². The molecule has 1 aromatic rings. The Morgan fingerprint density at radius 3 is 2.67 bits per heavy atom. The lowest BCUT2D eigenvalue weighted by Crippen LogP contribution is -2.44. The van der Waals surface area contributed by atoms with Crippen molar-refractivity contribution in [1.29, 1.82) is 0 Å². The molecule has 0 saturated carbocycles. The highest BCUT2D eigenvalue weighted by molar-refractivity contribution is 6.30. The number of piperidine rings is 1. The van der Waals surface area contributed by atoms with Crippen molar-refractivity contribution in [3.05, 3.63) is 59.3 Å². The number of halogens is 3. The Kier molecular flexibility index (Phi) is 7.77. The van der Waals surface area contributed by atoms with Gasteiger partial charge < -0.3 is 10.6 Å². The van der Waals surface area contributed by atoms with E-state index in [2.05, 4.69) is 6.58 Å². The van der Waals surface area contributed by atoms with E-state index in [-0.39, 0.29) is 22.5 Å². The second kappa shape index (κ2) is 9.82. The fourth-order valence-corrected chi connectivity index (χ4v) is 3.36. The minimum atomic E-state index is -2.83. The Labute approximate surface area is 163 Å². The number of hydrogen-bond acceptors (Lipinski definition) is 4. The van der Waals surface area contributed by atoms with E-state index in [0.717, 1.165) is 31.0 Å². The minimum absolute atomic E-state index is 0.0133. The first-order chi connectivity index (χ1) is 12.8. The molecule has 0 bridgehead atoms. The average molecular weight is 399 g/mol. The molecule has 148 valence electrons. The normalized spacial score (nSPS) is 16.7. The van der Waals surface area contributed by atoms with E-state index in [0.29, 0.717) is 24.0 Å². The van der Waals surface area contributed by atoms with Crippen molar-refractivity contribution in [1.82, 2.24) is 9.91 Å². The van der Waals surface area contributed by atoms with Crippen LogP contribution in [0.15, 0.2) is 48.7 Å². The van der Waals surface area contributed by atoms with E-state index >= 15 is 0 Å². The zero-order chi connectivity index (χ0) is 20.0. The number of alkyl halides is 2. The molecule has 1 fully saturated rings. The third kappa shape index (κ3) is 6.30. The molecule has 2 rings (SSSR count). The molecule has 1 saturated heterocycles. The largest absolute Gasteiger partial charge is 0.339 e. The van der Waals surface area contributed by atoms with Gasteiger partial charge in [-0.1, -0.05) is 30.3 Å². The Bertz CT molecular complexity index is 690. The van der Waals surface area contributed by atoms with Crippen LogP contribution in [0.5, 0.6) is 0 Å². The molecule has 1 unspecified atom stereocenters. The van der Waals surface area contributed by atoms with Crippen molar-refractivity contribution in [2.75, 3.05) is 13.1 Å². The highest BCUT2D eigenvalue weighted by Crippen LogP contribution is 2.23. The molecule has 1 amide bonds. The fourth-order valence-electron chi connectivity index (χ4n) is 3.15. The van der Waals surface area contributed by atoms with Gasteiger partial charge in [0.15, 0.2) is 0 Å². The zero-order valence-corrected chi connectivity index (χ0v) is 15.8. The number of likely N-dealkylation sites (tertiary alicyclic amines) is 1. The standard InChI is InChI=1S/C19H25ClF2N4O/c1-13(5-10-26(24)19(21)22)18(27)25-8-6-15(7-9-25)17(23)12-14-3-2-4-16(20)11-14/h2-5,10-11,15,17,19H,1,6-9,12,23-24H2/b10-5-. The van der Waals surface area contributed by atoms with Crippen LogP contribution in [-0.4, -0.2) is 41.5 Å². The molecular weight excluding hydrogens is 374 g/mol. The van der Waals surface area contributed by atoms with Crippen molar-refractivity contribution >= 4 is 17.5 Å². The summed E-state index contributed by atoms with van der Waals surface area (Å²) in [5.41, 5.74) is 7.57. The third-order valence-corrected chi connectivity index (χ3v) is 4.98. The van der Waals surface area contributed by atoms with Crippen molar-refractivity contribution in [3.63, 3.8) is 0 Å². The molecule has 0 radical (unpaired) electrons. The van der Waals surface area contributed by atoms with E-state index in [4.69, 9.17) is 23.2 Å². The maximum absolute atomic E-state index is 12.4. The maximum Gasteiger partial charge on any atom is 0.327 e. The van der Waals surface area contributed by atoms with Crippen LogP contribution < -0.4 is 11.6 Å². The number of nitrogens with zero attached hydrogens (tertiary/aromatic N) is 2. The van der Waals surface area contributed by atoms with Crippen molar-refractivity contribution < 1.29 is 13.6 Å². The van der Waals surface area contributed by atoms with Gasteiger partial charge in [0.2, 0.25) is 0 Å². The number of rotatable bonds is 7. The van der Waals surface area contributed by atoms with Gasteiger partial charge in [-0.3, -0.25) is 9.80 Å². The van der Waals surface area contributed by atoms with Gasteiger partial charge in [0.05, 0.1) is 0 Å². The summed E-state index contributed by atoms with van der Waals surface area (Å²) in [7, 11) is 0. The highest BCUT2D eigenvalue weighted by Gasteiger charge is 2.27. The molecular formula is C19H25ClF2N4O. The summed E-state index contributed by atoms with van der Waals surface area (Å²) in [6, 6.07) is 7.63. The summed E-state index contributed by atoms with van der Waals surface area (Å²) >= 11 is 6.01. The van der Waals surface area contributed by atoms with Crippen molar-refractivity contribution in [2.24, 2.45) is 17.5 Å². The number of carbonyl (C=O) groups is 1. The quantitative estimate of drug-likeness (QED) is 0.243. The van der Waals surface area contributed by atoms with Crippen LogP contribution in [0.1, 0.15) is 18.4 Å². The Morgan fingerprint density at radius 1 is 1.41 bits per heavy atom. The first kappa shape index (κ1) is 21.3. The third-order valence-electron chi connectivity index (χ3n) is 4.74. The van der Waals surface area contributed by atoms with Gasteiger partial charge in [-0.25, -0.2) is 5.84 Å². The van der Waals surface area contributed by atoms with Crippen LogP contribution in [0, 0.1) is 5.92 Å². The van der Waals surface area contributed by atoms with E-state index in [1.165, 1.54) is 6.08 Å². The van der Waals surface area contributed by atoms with Crippen molar-refractivity contribution in [3.8, 4) is 0 Å². The lowest BCUT2D eigenvalue weighted by Gasteiger charge is -2.35. The van der Waals surface area contributed by atoms with Crippen LogP contribution in [0.25, 0.3) is 0 Å². The van der Waals surface area contributed by atoms with Crippen LogP contribution in [0.3, 0.4) is 0 Å². The Balaban J connectivity index is 1.83. The topological polar surface area (TPSA) is 75.6 Å². The van der Waals surface area contributed by atoms with E-state index < -0.39 is 6.55 Å². The van der Waals surface area contributed by atoms with Crippen LogP contribution in [0.2, 0.25) is 5.02 Å². The molecule has 27 heavy (non-hydrogen) atoms. The van der Waals surface area contributed by atoms with E-state index in [1.54, 1.807) is 4.90 Å². The maximum atomic E-state index is 12.4. The summed E-state index contributed by atoms with van der Waals surface area (Å²) in [5.74, 6) is 5.10. The molecule has 1 aliphatic rings. The highest BCUT2D eigenvalue weighted by atomic mass is 35.5. The van der Waals surface area contributed by atoms with Gasteiger partial charge in [0.1, 0.15) is 0 Å². The minimum Gasteiger partial charge on any atom is -0.339 e. The number of carbonyl (C=O) groups excluding carboxylic acids is 1. The summed E-state index contributed by atoms with van der Waals surface area (Å²) in [6.07, 6.45) is 4.44. The summed E-state index contributed by atoms with van der Waals surface area (Å²) in [6.45, 7) is 1.92. The second-order valence-electron chi connectivity index (χ2n) is 6.69. The Hall–Kier alpha value is -1.96. The van der Waals surface area contributed by atoms with E-state index in [9.17, 15) is 13.6 Å². The van der Waals surface area contributed by atoms with Gasteiger partial charge in [0, 0.05) is 35.9 Å². The number of benzene rings is 1. The molecule has 0 aromatic heterocycles. The summed E-state index contributed by atoms with van der Waals surface area (Å²) in [4.78, 5) is 14.0. The van der Waals surface area contributed by atoms with E-state index in [1.807, 2.05) is 24.3 Å². The molecule has 1 aliphatic heterocycles. The number of hydrogen-bond donors (Lipinski definition) is 2. The average Bonchev–Trinajstić information content (AvgIpc) is 2.65. The first-order valence-electron chi connectivity index (χ1n) is 8.75. The monoisotopic (exact) mass is 398 g/mol. The molecule has 5 nitrogen and oxygen atoms in total. The molecule has 8 heteroatoms. The second-order valence-corrected chi connectivity index (χ2v) is 7.13. The molecule has 4 N–H and O–H groups in total. The van der Waals surface area contributed by atoms with Crippen LogP contribution >= 0.6 is 11.6 Å². The molecule has 0 spiro atoms. The molecule has 1 atom stereocenters. The summed E-state index contributed by atoms with van der Waals surface area (Å²) in [5, 5.41) is 0.911.